The molecule has 3 N–H and O–H groups in total. The predicted molar refractivity (Wildman–Crippen MR) is 145 cm³/mol. The Kier molecular flexibility index (Phi) is 7.32. The molecule has 3 aromatic rings. The number of nitrogens with zero attached hydrogens (tertiary/aromatic N) is 6. The first-order valence-electron chi connectivity index (χ1n) is 13.1. The molecule has 3 amide bonds. The Bertz CT molecular complexity index is 1550. The fraction of sp³-hybridized carbons (Fsp3) is 0.393. The maximum absolute atomic E-state index is 13.0. The first kappa shape index (κ1) is 27.0. The highest BCUT2D eigenvalue weighted by molar-refractivity contribution is 6.05. The average Bonchev–Trinajstić information content (AvgIpc) is 3.46. The molecule has 0 aromatic carbocycles. The van der Waals surface area contributed by atoms with Crippen molar-refractivity contribution in [1.29, 1.82) is 5.26 Å². The van der Waals surface area contributed by atoms with Crippen LogP contribution in [0.3, 0.4) is 0 Å². The Balaban J connectivity index is 1.46. The molecule has 0 unspecified atom stereocenters. The number of methoxy groups -OCH3 is 1. The minimum atomic E-state index is -0.897. The molecule has 1 aliphatic carbocycles. The number of nitriles is 1. The molecule has 12 nitrogen and oxygen atoms in total. The van der Waals surface area contributed by atoms with Crippen molar-refractivity contribution in [3.05, 3.63) is 48.0 Å². The molecule has 3 aromatic heterocycles. The number of nitrogens with two attached hydrogens (primary N) is 1. The molecule has 206 valence electrons. The van der Waals surface area contributed by atoms with E-state index in [1.54, 1.807) is 15.6 Å². The number of ether oxygens (including phenoxy) is 1. The summed E-state index contributed by atoms with van der Waals surface area (Å²) in [4.78, 5) is 48.1. The zero-order chi connectivity index (χ0) is 28.4. The monoisotopic (exact) mass is 542 g/mol. The van der Waals surface area contributed by atoms with Crippen LogP contribution in [0.1, 0.15) is 42.2 Å². The Hall–Kier alpha value is -4.63. The number of carbonyl (C=O) groups excluding carboxylic acids is 3. The maximum Gasteiger partial charge on any atom is 0.252 e. The van der Waals surface area contributed by atoms with Crippen LogP contribution >= 0.6 is 0 Å². The number of aliphatic imine (C=N–C) groups is 1. The van der Waals surface area contributed by atoms with Crippen molar-refractivity contribution in [2.75, 3.05) is 26.8 Å². The molecule has 4 heterocycles. The van der Waals surface area contributed by atoms with E-state index in [0.717, 1.165) is 23.3 Å². The van der Waals surface area contributed by atoms with Gasteiger partial charge in [0.2, 0.25) is 11.8 Å². The fourth-order valence-corrected chi connectivity index (χ4v) is 4.92. The molecule has 1 saturated carbocycles. The zero-order valence-corrected chi connectivity index (χ0v) is 22.4. The third-order valence-corrected chi connectivity index (χ3v) is 7.45. The fourth-order valence-electron chi connectivity index (χ4n) is 4.92. The topological polar surface area (TPSA) is 168 Å². The summed E-state index contributed by atoms with van der Waals surface area (Å²) in [5.74, 6) is -1.02. The van der Waals surface area contributed by atoms with Crippen molar-refractivity contribution < 1.29 is 19.1 Å². The lowest BCUT2D eigenvalue weighted by molar-refractivity contribution is -0.133. The molecular formula is C28H30N8O4. The second-order valence-corrected chi connectivity index (χ2v) is 10.2. The van der Waals surface area contributed by atoms with Crippen LogP contribution in [0.4, 0.5) is 5.69 Å². The van der Waals surface area contributed by atoms with Gasteiger partial charge in [0, 0.05) is 48.8 Å². The normalized spacial score (nSPS) is 18.6. The number of fused-ring (bicyclic) bond motifs is 1. The zero-order valence-electron chi connectivity index (χ0n) is 22.4. The Labute approximate surface area is 230 Å². The molecule has 2 fully saturated rings. The smallest absolute Gasteiger partial charge is 0.252 e. The second kappa shape index (κ2) is 10.9. The van der Waals surface area contributed by atoms with E-state index in [2.05, 4.69) is 21.5 Å². The highest BCUT2D eigenvalue weighted by Crippen LogP contribution is 2.47. The van der Waals surface area contributed by atoms with Gasteiger partial charge in [-0.3, -0.25) is 24.4 Å². The molecule has 12 heteroatoms. The number of hydrogen-bond donors (Lipinski definition) is 2. The largest absolute Gasteiger partial charge is 0.375 e. The highest BCUT2D eigenvalue weighted by atomic mass is 16.5. The lowest BCUT2D eigenvalue weighted by atomic mass is 10.0. The number of hydrogen-bond acceptors (Lipinski definition) is 8. The molecule has 0 bridgehead atoms. The van der Waals surface area contributed by atoms with Crippen molar-refractivity contribution >= 4 is 34.6 Å². The van der Waals surface area contributed by atoms with E-state index < -0.39 is 11.3 Å². The summed E-state index contributed by atoms with van der Waals surface area (Å²) >= 11 is 0. The number of primary amides is 1. The molecule has 0 radical (unpaired) electrons. The minimum Gasteiger partial charge on any atom is -0.375 e. The van der Waals surface area contributed by atoms with Gasteiger partial charge in [-0.1, -0.05) is 13.0 Å². The van der Waals surface area contributed by atoms with Crippen molar-refractivity contribution in [2.24, 2.45) is 22.1 Å². The van der Waals surface area contributed by atoms with E-state index in [1.165, 1.54) is 13.3 Å². The molecule has 5 rings (SSSR count). The lowest BCUT2D eigenvalue weighted by Gasteiger charge is -2.18. The average molecular weight is 543 g/mol. The summed E-state index contributed by atoms with van der Waals surface area (Å²) in [5, 5.41) is 16.6. The first-order chi connectivity index (χ1) is 19.3. The summed E-state index contributed by atoms with van der Waals surface area (Å²) < 4.78 is 6.45. The lowest BCUT2D eigenvalue weighted by Crippen LogP contribution is -2.35. The van der Waals surface area contributed by atoms with Crippen molar-refractivity contribution in [3.8, 4) is 17.2 Å². The quantitative estimate of drug-likeness (QED) is 0.417. The van der Waals surface area contributed by atoms with Crippen LogP contribution in [0.25, 0.3) is 16.6 Å². The third-order valence-electron chi connectivity index (χ3n) is 7.45. The highest BCUT2D eigenvalue weighted by Gasteiger charge is 2.53. The van der Waals surface area contributed by atoms with Gasteiger partial charge >= 0.3 is 0 Å². The van der Waals surface area contributed by atoms with Gasteiger partial charge in [-0.2, -0.15) is 10.4 Å². The van der Waals surface area contributed by atoms with Crippen LogP contribution in [0.2, 0.25) is 0 Å². The van der Waals surface area contributed by atoms with E-state index in [4.69, 9.17) is 15.5 Å². The van der Waals surface area contributed by atoms with E-state index in [-0.39, 0.29) is 36.4 Å². The molecule has 1 saturated heterocycles. The van der Waals surface area contributed by atoms with E-state index >= 15 is 0 Å². The van der Waals surface area contributed by atoms with Gasteiger partial charge in [0.15, 0.2) is 0 Å². The Morgan fingerprint density at radius 1 is 1.27 bits per heavy atom. The van der Waals surface area contributed by atoms with Gasteiger partial charge in [-0.05, 0) is 31.4 Å². The number of likely N-dealkylation sites (tertiary alicyclic amines) is 1. The Morgan fingerprint density at radius 3 is 2.70 bits per heavy atom. The van der Waals surface area contributed by atoms with Gasteiger partial charge < -0.3 is 20.7 Å². The number of amides is 3. The molecule has 2 aliphatic rings. The van der Waals surface area contributed by atoms with E-state index in [1.807, 2.05) is 31.3 Å². The van der Waals surface area contributed by atoms with Gasteiger partial charge in [-0.15, -0.1) is 0 Å². The van der Waals surface area contributed by atoms with Crippen molar-refractivity contribution in [1.82, 2.24) is 24.8 Å². The van der Waals surface area contributed by atoms with Crippen LogP contribution in [0, 0.1) is 22.7 Å². The molecular weight excluding hydrogens is 512 g/mol. The summed E-state index contributed by atoms with van der Waals surface area (Å²) in [7, 11) is 1.46. The number of aromatic nitrogens is 3. The first-order valence-corrected chi connectivity index (χ1v) is 13.1. The number of pyridine rings is 1. The third kappa shape index (κ3) is 5.15. The van der Waals surface area contributed by atoms with Gasteiger partial charge in [0.05, 0.1) is 42.1 Å². The van der Waals surface area contributed by atoms with Crippen LogP contribution in [0.15, 0.2) is 41.8 Å². The molecule has 0 spiro atoms. The standard InChI is InChI=1S/C28H30N8O4/c1-3-17-12-35(27(39)28(16-29)6-7-28)14-22(17)34-25-21(26(30)38)11-33-36-13-19(8-23(25)36)18-4-5-20(31-9-18)10-32-24(37)15-40-2/h4-5,8-9,11,13,17H,3,6-7,10,12,14-15H2,1-2H3,(H2,30,38)(H,32,37)/t17-/m0/s1. The van der Waals surface area contributed by atoms with Crippen LogP contribution in [-0.2, 0) is 20.9 Å². The second-order valence-electron chi connectivity index (χ2n) is 10.2. The number of nitrogens with one attached hydrogen (secondary N) is 1. The van der Waals surface area contributed by atoms with Crippen LogP contribution in [-0.4, -0.2) is 69.7 Å². The SMILES string of the molecule is CC[C@H]1CN(C(=O)C2(C#N)CC2)CC1=Nc1c(C(N)=O)cnn2cc(-c3ccc(CNC(=O)COC)nc3)cc12. The van der Waals surface area contributed by atoms with Crippen LogP contribution in [0.5, 0.6) is 0 Å². The van der Waals surface area contributed by atoms with Crippen molar-refractivity contribution in [2.45, 2.75) is 32.7 Å². The minimum absolute atomic E-state index is 0.00272. The summed E-state index contributed by atoms with van der Waals surface area (Å²) in [5.41, 5.74) is 9.04. The summed E-state index contributed by atoms with van der Waals surface area (Å²) in [6.07, 6.45) is 6.84. The van der Waals surface area contributed by atoms with Gasteiger partial charge in [-0.25, -0.2) is 4.52 Å². The van der Waals surface area contributed by atoms with Gasteiger partial charge in [0.1, 0.15) is 17.7 Å². The summed E-state index contributed by atoms with van der Waals surface area (Å²) in [6.45, 7) is 3.07. The number of carbonyl (C=O) groups is 3. The number of rotatable bonds is 9. The maximum atomic E-state index is 13.0. The van der Waals surface area contributed by atoms with Crippen LogP contribution < -0.4 is 11.1 Å². The Morgan fingerprint density at radius 2 is 2.08 bits per heavy atom. The van der Waals surface area contributed by atoms with E-state index in [9.17, 15) is 19.6 Å². The predicted octanol–water partition coefficient (Wildman–Crippen LogP) is 2.00. The molecule has 40 heavy (non-hydrogen) atoms. The van der Waals surface area contributed by atoms with Gasteiger partial charge in [0.25, 0.3) is 5.91 Å². The molecule has 1 atom stereocenters. The summed E-state index contributed by atoms with van der Waals surface area (Å²) in [6, 6.07) is 7.75. The van der Waals surface area contributed by atoms with Crippen molar-refractivity contribution in [3.63, 3.8) is 0 Å². The molecule has 1 aliphatic heterocycles. The van der Waals surface area contributed by atoms with E-state index in [0.29, 0.717) is 42.8 Å².